The quantitative estimate of drug-likeness (QED) is 0.794. The van der Waals surface area contributed by atoms with E-state index in [0.717, 1.165) is 45.3 Å². The molecule has 0 aromatic rings. The first-order chi connectivity index (χ1) is 9.16. The van der Waals surface area contributed by atoms with Crippen LogP contribution in [0.15, 0.2) is 0 Å². The SMILES string of the molecule is O=C(CCC1CCOCC1)N[C@H]1CCC[C@H]1C(=O)O. The minimum Gasteiger partial charge on any atom is -0.481 e. The first-order valence-electron chi connectivity index (χ1n) is 7.26. The Balaban J connectivity index is 1.70. The number of carboxylic acid groups (broad SMARTS) is 1. The number of hydrogen-bond acceptors (Lipinski definition) is 3. The van der Waals surface area contributed by atoms with Crippen molar-refractivity contribution in [1.82, 2.24) is 5.32 Å². The lowest BCUT2D eigenvalue weighted by Crippen LogP contribution is -2.40. The molecule has 2 aliphatic rings. The zero-order chi connectivity index (χ0) is 13.7. The number of carboxylic acids is 1. The monoisotopic (exact) mass is 269 g/mol. The average molecular weight is 269 g/mol. The van der Waals surface area contributed by atoms with Crippen LogP contribution in [0.4, 0.5) is 0 Å². The lowest BCUT2D eigenvalue weighted by atomic mass is 9.94. The number of nitrogens with one attached hydrogen (secondary N) is 1. The van der Waals surface area contributed by atoms with Crippen molar-refractivity contribution in [1.29, 1.82) is 0 Å². The van der Waals surface area contributed by atoms with Gasteiger partial charge in [-0.3, -0.25) is 9.59 Å². The molecule has 1 aliphatic carbocycles. The van der Waals surface area contributed by atoms with Crippen molar-refractivity contribution in [3.63, 3.8) is 0 Å². The average Bonchev–Trinajstić information content (AvgIpc) is 2.86. The lowest BCUT2D eigenvalue weighted by molar-refractivity contribution is -0.142. The van der Waals surface area contributed by atoms with Gasteiger partial charge in [-0.2, -0.15) is 0 Å². The molecule has 0 aromatic heterocycles. The first-order valence-corrected chi connectivity index (χ1v) is 7.26. The molecule has 2 fully saturated rings. The third-order valence-corrected chi connectivity index (χ3v) is 4.30. The van der Waals surface area contributed by atoms with Crippen LogP contribution >= 0.6 is 0 Å². The molecule has 5 nitrogen and oxygen atoms in total. The fraction of sp³-hybridized carbons (Fsp3) is 0.857. The summed E-state index contributed by atoms with van der Waals surface area (Å²) in [5.41, 5.74) is 0. The molecular weight excluding hydrogens is 246 g/mol. The molecule has 1 heterocycles. The molecule has 1 saturated carbocycles. The van der Waals surface area contributed by atoms with Crippen LogP contribution in [0.3, 0.4) is 0 Å². The number of carbonyl (C=O) groups excluding carboxylic acids is 1. The van der Waals surface area contributed by atoms with Crippen LogP contribution in [-0.2, 0) is 14.3 Å². The molecule has 1 amide bonds. The van der Waals surface area contributed by atoms with E-state index < -0.39 is 11.9 Å². The van der Waals surface area contributed by atoms with E-state index in [1.54, 1.807) is 0 Å². The number of ether oxygens (including phenoxy) is 1. The molecule has 0 spiro atoms. The minimum atomic E-state index is -0.785. The molecule has 0 bridgehead atoms. The Kier molecular flexibility index (Phi) is 5.19. The van der Waals surface area contributed by atoms with Gasteiger partial charge in [-0.05, 0) is 38.0 Å². The predicted molar refractivity (Wildman–Crippen MR) is 69.7 cm³/mol. The van der Waals surface area contributed by atoms with Crippen molar-refractivity contribution in [3.8, 4) is 0 Å². The largest absolute Gasteiger partial charge is 0.481 e. The lowest BCUT2D eigenvalue weighted by Gasteiger charge is -2.22. The molecule has 2 N–H and O–H groups in total. The second kappa shape index (κ2) is 6.89. The molecule has 1 aliphatic heterocycles. The Bertz CT molecular complexity index is 325. The van der Waals surface area contributed by atoms with Gasteiger partial charge in [0.2, 0.25) is 5.91 Å². The second-order valence-corrected chi connectivity index (χ2v) is 5.64. The van der Waals surface area contributed by atoms with E-state index in [2.05, 4.69) is 5.32 Å². The topological polar surface area (TPSA) is 75.6 Å². The summed E-state index contributed by atoms with van der Waals surface area (Å²) in [5.74, 6) is -0.595. The van der Waals surface area contributed by atoms with Gasteiger partial charge in [0.05, 0.1) is 5.92 Å². The normalized spacial score (nSPS) is 28.2. The number of rotatable bonds is 5. The summed E-state index contributed by atoms with van der Waals surface area (Å²) in [6.45, 7) is 1.60. The zero-order valence-corrected chi connectivity index (χ0v) is 11.3. The number of aliphatic carboxylic acids is 1. The van der Waals surface area contributed by atoms with Gasteiger partial charge < -0.3 is 15.2 Å². The molecule has 0 aromatic carbocycles. The van der Waals surface area contributed by atoms with E-state index in [-0.39, 0.29) is 11.9 Å². The Morgan fingerprint density at radius 1 is 1.16 bits per heavy atom. The standard InChI is InChI=1S/C14H23NO4/c16-13(5-4-10-6-8-19-9-7-10)15-12-3-1-2-11(12)14(17)18/h10-12H,1-9H2,(H,15,16)(H,17,18)/t11-,12+/m1/s1. The van der Waals surface area contributed by atoms with Gasteiger partial charge in [0.1, 0.15) is 0 Å². The molecule has 1 saturated heterocycles. The van der Waals surface area contributed by atoms with Gasteiger partial charge in [-0.15, -0.1) is 0 Å². The van der Waals surface area contributed by atoms with Gasteiger partial charge in [0.25, 0.3) is 0 Å². The molecular formula is C14H23NO4. The third kappa shape index (κ3) is 4.20. The Morgan fingerprint density at radius 3 is 2.58 bits per heavy atom. The molecule has 5 heteroatoms. The zero-order valence-electron chi connectivity index (χ0n) is 11.3. The van der Waals surface area contributed by atoms with Crippen LogP contribution in [0.25, 0.3) is 0 Å². The molecule has 0 radical (unpaired) electrons. The van der Waals surface area contributed by atoms with E-state index in [1.165, 1.54) is 0 Å². The fourth-order valence-corrected chi connectivity index (χ4v) is 3.08. The summed E-state index contributed by atoms with van der Waals surface area (Å²) < 4.78 is 5.29. The van der Waals surface area contributed by atoms with Crippen molar-refractivity contribution in [3.05, 3.63) is 0 Å². The van der Waals surface area contributed by atoms with Crippen LogP contribution < -0.4 is 5.32 Å². The summed E-state index contributed by atoms with van der Waals surface area (Å²) in [4.78, 5) is 22.9. The van der Waals surface area contributed by atoms with E-state index in [9.17, 15) is 9.59 Å². The highest BCUT2D eigenvalue weighted by Gasteiger charge is 2.33. The van der Waals surface area contributed by atoms with Crippen molar-refractivity contribution < 1.29 is 19.4 Å². The molecule has 0 unspecified atom stereocenters. The summed E-state index contributed by atoms with van der Waals surface area (Å²) in [6, 6.07) is -0.167. The smallest absolute Gasteiger partial charge is 0.308 e. The highest BCUT2D eigenvalue weighted by molar-refractivity contribution is 5.78. The van der Waals surface area contributed by atoms with E-state index >= 15 is 0 Å². The van der Waals surface area contributed by atoms with Crippen LogP contribution in [0.5, 0.6) is 0 Å². The van der Waals surface area contributed by atoms with E-state index in [4.69, 9.17) is 9.84 Å². The number of carbonyl (C=O) groups is 2. The maximum absolute atomic E-state index is 11.9. The summed E-state index contributed by atoms with van der Waals surface area (Å²) in [7, 11) is 0. The van der Waals surface area contributed by atoms with Crippen molar-refractivity contribution in [2.24, 2.45) is 11.8 Å². The van der Waals surface area contributed by atoms with Crippen molar-refractivity contribution >= 4 is 11.9 Å². The van der Waals surface area contributed by atoms with E-state index in [1.807, 2.05) is 0 Å². The van der Waals surface area contributed by atoms with Crippen LogP contribution in [0.1, 0.15) is 44.9 Å². The number of amides is 1. The molecule has 19 heavy (non-hydrogen) atoms. The Morgan fingerprint density at radius 2 is 1.89 bits per heavy atom. The van der Waals surface area contributed by atoms with Gasteiger partial charge in [0.15, 0.2) is 0 Å². The van der Waals surface area contributed by atoms with E-state index in [0.29, 0.717) is 18.8 Å². The highest BCUT2D eigenvalue weighted by atomic mass is 16.5. The Hall–Kier alpha value is -1.10. The number of hydrogen-bond donors (Lipinski definition) is 2. The summed E-state index contributed by atoms with van der Waals surface area (Å²) in [5, 5.41) is 12.0. The van der Waals surface area contributed by atoms with Gasteiger partial charge in [-0.1, -0.05) is 6.42 Å². The van der Waals surface area contributed by atoms with Gasteiger partial charge >= 0.3 is 5.97 Å². The third-order valence-electron chi connectivity index (χ3n) is 4.30. The second-order valence-electron chi connectivity index (χ2n) is 5.64. The fourth-order valence-electron chi connectivity index (χ4n) is 3.08. The van der Waals surface area contributed by atoms with Crippen molar-refractivity contribution in [2.45, 2.75) is 51.0 Å². The maximum atomic E-state index is 11.9. The van der Waals surface area contributed by atoms with Crippen LogP contribution in [0, 0.1) is 11.8 Å². The first kappa shape index (κ1) is 14.3. The van der Waals surface area contributed by atoms with Gasteiger partial charge in [0, 0.05) is 25.7 Å². The molecule has 2 atom stereocenters. The highest BCUT2D eigenvalue weighted by Crippen LogP contribution is 2.26. The molecule has 108 valence electrons. The van der Waals surface area contributed by atoms with Crippen LogP contribution in [0.2, 0.25) is 0 Å². The predicted octanol–water partition coefficient (Wildman–Crippen LogP) is 1.56. The van der Waals surface area contributed by atoms with Crippen molar-refractivity contribution in [2.75, 3.05) is 13.2 Å². The Labute approximate surface area is 113 Å². The minimum absolute atomic E-state index is 0.00430. The van der Waals surface area contributed by atoms with Crippen LogP contribution in [-0.4, -0.2) is 36.2 Å². The molecule has 2 rings (SSSR count). The summed E-state index contributed by atoms with van der Waals surface area (Å²) >= 11 is 0. The maximum Gasteiger partial charge on any atom is 0.308 e. The van der Waals surface area contributed by atoms with Gasteiger partial charge in [-0.25, -0.2) is 0 Å². The summed E-state index contributed by atoms with van der Waals surface area (Å²) in [6.07, 6.45) is 5.83.